The molecule has 31 heavy (non-hydrogen) atoms. The van der Waals surface area contributed by atoms with E-state index in [2.05, 4.69) is 15.6 Å². The number of hydrogen-bond acceptors (Lipinski definition) is 10. The van der Waals surface area contributed by atoms with Crippen LogP contribution >= 0.6 is 0 Å². The minimum Gasteiger partial charge on any atom is -0.497 e. The molecule has 170 valence electrons. The zero-order valence-corrected chi connectivity index (χ0v) is 17.1. The van der Waals surface area contributed by atoms with Crippen molar-refractivity contribution in [2.45, 2.75) is 43.5 Å². The summed E-state index contributed by atoms with van der Waals surface area (Å²) in [5.74, 6) is 0.710. The van der Waals surface area contributed by atoms with E-state index in [0.29, 0.717) is 22.9 Å². The molecule has 0 aliphatic carbocycles. The number of aryl methyl sites for hydroxylation is 1. The summed E-state index contributed by atoms with van der Waals surface area (Å²) in [6.07, 6.45) is -5.05. The SMILES string of the molecule is COc1ccc(OC)c(-n2cc(CCC(=O)N[C@@H]3OC(CO)[C@@H](O)C(O)C3O)nn2)c1. The molecular weight excluding hydrogens is 412 g/mol. The molecule has 1 aliphatic heterocycles. The summed E-state index contributed by atoms with van der Waals surface area (Å²) in [6.45, 7) is -0.575. The fourth-order valence-corrected chi connectivity index (χ4v) is 3.20. The third-order valence-electron chi connectivity index (χ3n) is 4.98. The quantitative estimate of drug-likeness (QED) is 0.315. The van der Waals surface area contributed by atoms with Crippen LogP contribution in [-0.2, 0) is 16.0 Å². The molecule has 1 aliphatic rings. The first-order chi connectivity index (χ1) is 14.9. The lowest BCUT2D eigenvalue weighted by Gasteiger charge is -2.40. The van der Waals surface area contributed by atoms with Crippen LogP contribution in [0.4, 0.5) is 0 Å². The van der Waals surface area contributed by atoms with Gasteiger partial charge >= 0.3 is 0 Å². The largest absolute Gasteiger partial charge is 0.497 e. The number of rotatable bonds is 8. The number of methoxy groups -OCH3 is 2. The standard InChI is InChI=1S/C19H26N4O8/c1-29-11-4-5-13(30-2)12(7-11)23-8-10(21-22-23)3-6-15(25)20-19-18(28)17(27)16(26)14(9-24)31-19/h4-5,7-8,14,16-19,24,26-28H,3,6,9H2,1-2H3,(H,20,25)/t14?,16-,17?,18?,19-/m1/s1. The van der Waals surface area contributed by atoms with E-state index in [1.54, 1.807) is 31.5 Å². The maximum absolute atomic E-state index is 12.3. The first kappa shape index (κ1) is 22.9. The number of hydrogen-bond donors (Lipinski definition) is 5. The van der Waals surface area contributed by atoms with Gasteiger partial charge in [-0.1, -0.05) is 5.21 Å². The summed E-state index contributed by atoms with van der Waals surface area (Å²) in [7, 11) is 3.08. The van der Waals surface area contributed by atoms with E-state index < -0.39 is 43.2 Å². The predicted molar refractivity (Wildman–Crippen MR) is 105 cm³/mol. The highest BCUT2D eigenvalue weighted by Crippen LogP contribution is 2.27. The van der Waals surface area contributed by atoms with Crippen LogP contribution in [0.2, 0.25) is 0 Å². The molecule has 2 heterocycles. The molecule has 0 radical (unpaired) electrons. The second kappa shape index (κ2) is 10.0. The van der Waals surface area contributed by atoms with Gasteiger partial charge in [-0.15, -0.1) is 5.10 Å². The van der Waals surface area contributed by atoms with Crippen molar-refractivity contribution in [1.82, 2.24) is 20.3 Å². The first-order valence-electron chi connectivity index (χ1n) is 9.61. The highest BCUT2D eigenvalue weighted by atomic mass is 16.6. The van der Waals surface area contributed by atoms with Crippen LogP contribution in [0.15, 0.2) is 24.4 Å². The van der Waals surface area contributed by atoms with E-state index in [1.807, 2.05) is 0 Å². The Morgan fingerprint density at radius 3 is 2.65 bits per heavy atom. The highest BCUT2D eigenvalue weighted by Gasteiger charge is 2.43. The Hall–Kier alpha value is -2.77. The summed E-state index contributed by atoms with van der Waals surface area (Å²) < 4.78 is 17.3. The molecule has 0 saturated carbocycles. The van der Waals surface area contributed by atoms with Gasteiger partial charge in [0.1, 0.15) is 41.6 Å². The zero-order valence-electron chi connectivity index (χ0n) is 17.1. The van der Waals surface area contributed by atoms with Gasteiger partial charge in [-0.2, -0.15) is 0 Å². The molecule has 5 atom stereocenters. The molecule has 1 aromatic carbocycles. The van der Waals surface area contributed by atoms with E-state index in [-0.39, 0.29) is 12.8 Å². The Morgan fingerprint density at radius 2 is 1.97 bits per heavy atom. The molecule has 5 N–H and O–H groups in total. The molecule has 3 rings (SSSR count). The van der Waals surface area contributed by atoms with Gasteiger partial charge in [0, 0.05) is 18.9 Å². The lowest BCUT2D eigenvalue weighted by atomic mass is 9.98. The van der Waals surface area contributed by atoms with Gasteiger partial charge in [0.05, 0.1) is 32.7 Å². The Balaban J connectivity index is 1.60. The predicted octanol–water partition coefficient (Wildman–Crippen LogP) is -1.87. The molecule has 0 bridgehead atoms. The van der Waals surface area contributed by atoms with E-state index in [0.717, 1.165) is 0 Å². The smallest absolute Gasteiger partial charge is 0.222 e. The van der Waals surface area contributed by atoms with Crippen molar-refractivity contribution in [1.29, 1.82) is 0 Å². The number of carbonyl (C=O) groups is 1. The minimum atomic E-state index is -1.56. The first-order valence-corrected chi connectivity index (χ1v) is 9.61. The van der Waals surface area contributed by atoms with Crippen molar-refractivity contribution in [3.05, 3.63) is 30.1 Å². The average Bonchev–Trinajstić information content (AvgIpc) is 3.26. The summed E-state index contributed by atoms with van der Waals surface area (Å²) in [5, 5.41) is 49.3. The number of carbonyl (C=O) groups excluding carboxylic acids is 1. The third kappa shape index (κ3) is 5.11. The van der Waals surface area contributed by atoms with E-state index >= 15 is 0 Å². The molecule has 1 aromatic heterocycles. The summed E-state index contributed by atoms with van der Waals surface area (Å²) in [5.41, 5.74) is 1.15. The highest BCUT2D eigenvalue weighted by molar-refractivity contribution is 5.76. The zero-order chi connectivity index (χ0) is 22.5. The van der Waals surface area contributed by atoms with Gasteiger partial charge in [0.2, 0.25) is 5.91 Å². The van der Waals surface area contributed by atoms with Crippen LogP contribution in [0.1, 0.15) is 12.1 Å². The second-order valence-corrected chi connectivity index (χ2v) is 7.01. The molecule has 12 heteroatoms. The van der Waals surface area contributed by atoms with Crippen LogP contribution < -0.4 is 14.8 Å². The fourth-order valence-electron chi connectivity index (χ4n) is 3.20. The summed E-state index contributed by atoms with van der Waals surface area (Å²) in [6, 6.07) is 5.23. The van der Waals surface area contributed by atoms with Gasteiger partial charge in [0.15, 0.2) is 6.23 Å². The molecule has 3 unspecified atom stereocenters. The van der Waals surface area contributed by atoms with Crippen LogP contribution in [0.5, 0.6) is 11.5 Å². The maximum atomic E-state index is 12.3. The lowest BCUT2D eigenvalue weighted by molar-refractivity contribution is -0.235. The summed E-state index contributed by atoms with van der Waals surface area (Å²) in [4.78, 5) is 12.3. The van der Waals surface area contributed by atoms with Crippen molar-refractivity contribution in [2.75, 3.05) is 20.8 Å². The number of nitrogens with zero attached hydrogens (tertiary/aromatic N) is 3. The number of amides is 1. The van der Waals surface area contributed by atoms with Gasteiger partial charge in [-0.3, -0.25) is 4.79 Å². The molecule has 0 spiro atoms. The number of aliphatic hydroxyl groups excluding tert-OH is 4. The lowest BCUT2D eigenvalue weighted by Crippen LogP contribution is -2.63. The Bertz CT molecular complexity index is 890. The fraction of sp³-hybridized carbons (Fsp3) is 0.526. The van der Waals surface area contributed by atoms with Gasteiger partial charge in [0.25, 0.3) is 0 Å². The molecule has 2 aromatic rings. The topological polar surface area (TPSA) is 168 Å². The molecule has 12 nitrogen and oxygen atoms in total. The van der Waals surface area contributed by atoms with Crippen LogP contribution in [-0.4, -0.2) is 92.8 Å². The Kier molecular flexibility index (Phi) is 7.41. The number of nitrogens with one attached hydrogen (secondary N) is 1. The minimum absolute atomic E-state index is 0.00294. The third-order valence-corrected chi connectivity index (χ3v) is 4.98. The van der Waals surface area contributed by atoms with Crippen molar-refractivity contribution in [3.8, 4) is 17.2 Å². The Morgan fingerprint density at radius 1 is 1.19 bits per heavy atom. The number of ether oxygens (including phenoxy) is 3. The van der Waals surface area contributed by atoms with Crippen molar-refractivity contribution in [3.63, 3.8) is 0 Å². The normalized spacial score (nSPS) is 25.8. The van der Waals surface area contributed by atoms with Crippen LogP contribution in [0.3, 0.4) is 0 Å². The molecule has 1 saturated heterocycles. The number of benzene rings is 1. The number of aliphatic hydroxyl groups is 4. The van der Waals surface area contributed by atoms with Crippen molar-refractivity contribution < 1.29 is 39.4 Å². The average molecular weight is 438 g/mol. The second-order valence-electron chi connectivity index (χ2n) is 7.01. The molecule has 1 amide bonds. The van der Waals surface area contributed by atoms with Crippen molar-refractivity contribution in [2.24, 2.45) is 0 Å². The van der Waals surface area contributed by atoms with E-state index in [1.165, 1.54) is 11.8 Å². The van der Waals surface area contributed by atoms with Crippen molar-refractivity contribution >= 4 is 5.91 Å². The maximum Gasteiger partial charge on any atom is 0.222 e. The van der Waals surface area contributed by atoms with Gasteiger partial charge in [-0.25, -0.2) is 4.68 Å². The van der Waals surface area contributed by atoms with Gasteiger partial charge in [-0.05, 0) is 12.1 Å². The number of aromatic nitrogens is 3. The van der Waals surface area contributed by atoms with Crippen LogP contribution in [0, 0.1) is 0 Å². The molecule has 1 fully saturated rings. The molecular formula is C19H26N4O8. The van der Waals surface area contributed by atoms with E-state index in [4.69, 9.17) is 14.2 Å². The monoisotopic (exact) mass is 438 g/mol. The van der Waals surface area contributed by atoms with Crippen LogP contribution in [0.25, 0.3) is 5.69 Å². The van der Waals surface area contributed by atoms with E-state index in [9.17, 15) is 25.2 Å². The summed E-state index contributed by atoms with van der Waals surface area (Å²) >= 11 is 0. The van der Waals surface area contributed by atoms with Gasteiger partial charge < -0.3 is 40.0 Å². The Labute approximate surface area is 178 Å².